The molecule has 1 heterocycles. The van der Waals surface area contributed by atoms with Crippen molar-refractivity contribution in [1.29, 1.82) is 5.26 Å². The van der Waals surface area contributed by atoms with Gasteiger partial charge in [0.25, 0.3) is 0 Å². The van der Waals surface area contributed by atoms with Gasteiger partial charge in [-0.05, 0) is 62.7 Å². The number of fused-ring (bicyclic) bond motifs is 1. The first kappa shape index (κ1) is 22.0. The van der Waals surface area contributed by atoms with Crippen LogP contribution in [0.1, 0.15) is 31.0 Å². The standard InChI is InChI=1S/C27H26N4O2/c1-17(2)31-25-15-22(33-4)11-12-23(25)24(16-28)26(31)19-8-6-10-21(14-19)30-27(32)29-20-9-5-7-18(3)13-20/h5-15,17H,1-4H3,(H2,29,30,32). The maximum absolute atomic E-state index is 12.6. The molecular weight excluding hydrogens is 412 g/mol. The number of hydrogen-bond acceptors (Lipinski definition) is 3. The molecule has 4 aromatic rings. The summed E-state index contributed by atoms with van der Waals surface area (Å²) in [6.45, 7) is 6.14. The predicted octanol–water partition coefficient (Wildman–Crippen LogP) is 6.72. The van der Waals surface area contributed by atoms with E-state index in [2.05, 4.69) is 35.1 Å². The zero-order valence-electron chi connectivity index (χ0n) is 19.1. The van der Waals surface area contributed by atoms with Crippen LogP contribution in [0.25, 0.3) is 22.2 Å². The number of amides is 2. The number of hydrogen-bond donors (Lipinski definition) is 2. The van der Waals surface area contributed by atoms with Gasteiger partial charge in [-0.2, -0.15) is 5.26 Å². The van der Waals surface area contributed by atoms with Gasteiger partial charge >= 0.3 is 6.03 Å². The highest BCUT2D eigenvalue weighted by Gasteiger charge is 2.21. The van der Waals surface area contributed by atoms with Crippen LogP contribution < -0.4 is 15.4 Å². The molecule has 0 atom stereocenters. The molecule has 0 fully saturated rings. The number of methoxy groups -OCH3 is 1. The summed E-state index contributed by atoms with van der Waals surface area (Å²) >= 11 is 0. The van der Waals surface area contributed by atoms with Crippen molar-refractivity contribution in [3.05, 3.63) is 77.9 Å². The van der Waals surface area contributed by atoms with Crippen LogP contribution in [0.3, 0.4) is 0 Å². The molecule has 1 aromatic heterocycles. The maximum atomic E-state index is 12.6. The molecular formula is C27H26N4O2. The Balaban J connectivity index is 1.73. The second-order valence-corrected chi connectivity index (χ2v) is 8.21. The lowest BCUT2D eigenvalue weighted by atomic mass is 10.1. The second kappa shape index (κ2) is 9.09. The number of benzene rings is 3. The summed E-state index contributed by atoms with van der Waals surface area (Å²) in [7, 11) is 1.63. The van der Waals surface area contributed by atoms with Gasteiger partial charge in [-0.25, -0.2) is 4.79 Å². The van der Waals surface area contributed by atoms with E-state index >= 15 is 0 Å². The van der Waals surface area contributed by atoms with Crippen LogP contribution in [0.5, 0.6) is 5.75 Å². The fourth-order valence-electron chi connectivity index (χ4n) is 4.11. The van der Waals surface area contributed by atoms with E-state index in [1.54, 1.807) is 7.11 Å². The largest absolute Gasteiger partial charge is 0.497 e. The molecule has 3 aromatic carbocycles. The van der Waals surface area contributed by atoms with Gasteiger partial charge in [0, 0.05) is 34.4 Å². The molecule has 6 nitrogen and oxygen atoms in total. The average molecular weight is 439 g/mol. The Bertz CT molecular complexity index is 1380. The zero-order valence-corrected chi connectivity index (χ0v) is 19.1. The number of aromatic nitrogens is 1. The Labute approximate surface area is 193 Å². The number of anilines is 2. The molecule has 4 rings (SSSR count). The topological polar surface area (TPSA) is 79.1 Å². The summed E-state index contributed by atoms with van der Waals surface area (Å²) in [6, 6.07) is 23.1. The fraction of sp³-hybridized carbons (Fsp3) is 0.185. The van der Waals surface area contributed by atoms with E-state index in [4.69, 9.17) is 4.74 Å². The van der Waals surface area contributed by atoms with Crippen molar-refractivity contribution in [3.8, 4) is 23.1 Å². The van der Waals surface area contributed by atoms with Crippen molar-refractivity contribution in [2.45, 2.75) is 26.8 Å². The van der Waals surface area contributed by atoms with Crippen LogP contribution in [0.2, 0.25) is 0 Å². The van der Waals surface area contributed by atoms with Gasteiger partial charge in [0.2, 0.25) is 0 Å². The van der Waals surface area contributed by atoms with Gasteiger partial charge in [-0.15, -0.1) is 0 Å². The molecule has 0 saturated carbocycles. The molecule has 0 aliphatic carbocycles. The van der Waals surface area contributed by atoms with E-state index in [0.717, 1.165) is 39.2 Å². The molecule has 6 heteroatoms. The molecule has 0 aliphatic heterocycles. The van der Waals surface area contributed by atoms with Crippen molar-refractivity contribution in [1.82, 2.24) is 4.57 Å². The molecule has 0 radical (unpaired) electrons. The lowest BCUT2D eigenvalue weighted by molar-refractivity contribution is 0.262. The average Bonchev–Trinajstić information content (AvgIpc) is 3.13. The van der Waals surface area contributed by atoms with Gasteiger partial charge in [0.15, 0.2) is 0 Å². The quantitative estimate of drug-likeness (QED) is 0.363. The third-order valence-electron chi connectivity index (χ3n) is 5.51. The Hall–Kier alpha value is -4.24. The molecule has 0 aliphatic rings. The monoisotopic (exact) mass is 438 g/mol. The Morgan fingerprint density at radius 3 is 2.33 bits per heavy atom. The van der Waals surface area contributed by atoms with E-state index in [1.807, 2.05) is 73.7 Å². The van der Waals surface area contributed by atoms with Gasteiger partial charge in [0.05, 0.1) is 23.9 Å². The van der Waals surface area contributed by atoms with Crippen LogP contribution in [0.4, 0.5) is 16.2 Å². The highest BCUT2D eigenvalue weighted by Crippen LogP contribution is 2.38. The molecule has 166 valence electrons. The molecule has 0 unspecified atom stereocenters. The molecule has 0 saturated heterocycles. The number of nitriles is 1. The van der Waals surface area contributed by atoms with Crippen LogP contribution in [0, 0.1) is 18.3 Å². The third-order valence-corrected chi connectivity index (χ3v) is 5.51. The minimum Gasteiger partial charge on any atom is -0.497 e. The number of nitrogens with zero attached hydrogens (tertiary/aromatic N) is 2. The number of aryl methyl sites for hydroxylation is 1. The maximum Gasteiger partial charge on any atom is 0.323 e. The van der Waals surface area contributed by atoms with E-state index < -0.39 is 0 Å². The van der Waals surface area contributed by atoms with Crippen LogP contribution in [-0.2, 0) is 0 Å². The first-order valence-electron chi connectivity index (χ1n) is 10.8. The number of carbonyl (C=O) groups excluding carboxylic acids is 1. The SMILES string of the molecule is COc1ccc2c(C#N)c(-c3cccc(NC(=O)Nc4cccc(C)c4)c3)n(C(C)C)c2c1. The van der Waals surface area contributed by atoms with Crippen molar-refractivity contribution >= 4 is 28.3 Å². The number of carbonyl (C=O) groups is 1. The number of nitrogens with one attached hydrogen (secondary N) is 2. The smallest absolute Gasteiger partial charge is 0.323 e. The first-order chi connectivity index (χ1) is 15.9. The molecule has 0 bridgehead atoms. The van der Waals surface area contributed by atoms with Crippen molar-refractivity contribution in [2.24, 2.45) is 0 Å². The normalized spacial score (nSPS) is 10.8. The summed E-state index contributed by atoms with van der Waals surface area (Å²) in [6.07, 6.45) is 0. The Morgan fingerprint density at radius 1 is 1.00 bits per heavy atom. The van der Waals surface area contributed by atoms with Crippen molar-refractivity contribution < 1.29 is 9.53 Å². The van der Waals surface area contributed by atoms with E-state index in [-0.39, 0.29) is 12.1 Å². The summed E-state index contributed by atoms with van der Waals surface area (Å²) in [4.78, 5) is 12.6. The van der Waals surface area contributed by atoms with Gasteiger partial charge in [-0.3, -0.25) is 0 Å². The minimum absolute atomic E-state index is 0.109. The predicted molar refractivity (Wildman–Crippen MR) is 133 cm³/mol. The van der Waals surface area contributed by atoms with E-state index in [1.165, 1.54) is 0 Å². The summed E-state index contributed by atoms with van der Waals surface area (Å²) in [5.74, 6) is 0.737. The highest BCUT2D eigenvalue weighted by molar-refractivity contribution is 6.01. The van der Waals surface area contributed by atoms with Crippen molar-refractivity contribution in [3.63, 3.8) is 0 Å². The molecule has 2 amide bonds. The van der Waals surface area contributed by atoms with Gasteiger partial charge < -0.3 is 19.9 Å². The first-order valence-corrected chi connectivity index (χ1v) is 10.8. The van der Waals surface area contributed by atoms with Crippen LogP contribution >= 0.6 is 0 Å². The number of rotatable bonds is 5. The van der Waals surface area contributed by atoms with Crippen LogP contribution in [0.15, 0.2) is 66.7 Å². The van der Waals surface area contributed by atoms with Crippen molar-refractivity contribution in [2.75, 3.05) is 17.7 Å². The van der Waals surface area contributed by atoms with E-state index in [9.17, 15) is 10.1 Å². The molecule has 2 N–H and O–H groups in total. The summed E-state index contributed by atoms with van der Waals surface area (Å²) in [5, 5.41) is 16.7. The Kier molecular flexibility index (Phi) is 6.05. The van der Waals surface area contributed by atoms with Gasteiger partial charge in [-0.1, -0.05) is 24.3 Å². The molecule has 33 heavy (non-hydrogen) atoms. The Morgan fingerprint density at radius 2 is 1.70 bits per heavy atom. The number of urea groups is 1. The molecule has 0 spiro atoms. The summed E-state index contributed by atoms with van der Waals surface area (Å²) in [5.41, 5.74) is 5.64. The third kappa shape index (κ3) is 4.39. The number of ether oxygens (including phenoxy) is 1. The second-order valence-electron chi connectivity index (χ2n) is 8.21. The lowest BCUT2D eigenvalue weighted by Gasteiger charge is -2.16. The highest BCUT2D eigenvalue weighted by atomic mass is 16.5. The van der Waals surface area contributed by atoms with E-state index in [0.29, 0.717) is 11.3 Å². The van der Waals surface area contributed by atoms with Gasteiger partial charge in [0.1, 0.15) is 11.8 Å². The zero-order chi connectivity index (χ0) is 23.5. The lowest BCUT2D eigenvalue weighted by Crippen LogP contribution is -2.19. The van der Waals surface area contributed by atoms with Crippen LogP contribution in [-0.4, -0.2) is 17.7 Å². The fourth-order valence-corrected chi connectivity index (χ4v) is 4.11. The minimum atomic E-state index is -0.326. The summed E-state index contributed by atoms with van der Waals surface area (Å²) < 4.78 is 7.56.